The Morgan fingerprint density at radius 1 is 1.00 bits per heavy atom. The molecule has 2 N–H and O–H groups in total. The zero-order chi connectivity index (χ0) is 21.6. The maximum atomic E-state index is 10.8. The Hall–Kier alpha value is -2.74. The van der Waals surface area contributed by atoms with Crippen LogP contribution in [-0.2, 0) is 9.47 Å². The molecule has 1 atom stereocenters. The van der Waals surface area contributed by atoms with Crippen LogP contribution in [0.5, 0.6) is 0 Å². The van der Waals surface area contributed by atoms with E-state index >= 15 is 0 Å². The summed E-state index contributed by atoms with van der Waals surface area (Å²) in [6.07, 6.45) is 4.85. The Balaban J connectivity index is 1.81. The van der Waals surface area contributed by atoms with Crippen molar-refractivity contribution in [2.45, 2.75) is 31.8 Å². The highest BCUT2D eigenvalue weighted by Gasteiger charge is 2.06. The molecule has 7 heteroatoms. The summed E-state index contributed by atoms with van der Waals surface area (Å²) in [5.41, 5.74) is 1.84. The fourth-order valence-corrected chi connectivity index (χ4v) is 2.77. The quantitative estimate of drug-likeness (QED) is 0.159. The van der Waals surface area contributed by atoms with Gasteiger partial charge in [0.25, 0.3) is 5.69 Å². The third-order valence-corrected chi connectivity index (χ3v) is 4.42. The maximum Gasteiger partial charge on any atom is 0.269 e. The first-order valence-electron chi connectivity index (χ1n) is 10.1. The van der Waals surface area contributed by atoms with Crippen LogP contribution in [-0.4, -0.2) is 47.7 Å². The smallest absolute Gasteiger partial charge is 0.269 e. The van der Waals surface area contributed by atoms with Crippen LogP contribution in [0.15, 0.2) is 54.6 Å². The van der Waals surface area contributed by atoms with E-state index in [4.69, 9.17) is 14.6 Å². The van der Waals surface area contributed by atoms with Gasteiger partial charge < -0.3 is 19.7 Å². The van der Waals surface area contributed by atoms with E-state index in [1.807, 2.05) is 36.4 Å². The van der Waals surface area contributed by atoms with Crippen molar-refractivity contribution in [3.05, 3.63) is 75.8 Å². The molecule has 0 saturated heterocycles. The number of hydrogen-bond acceptors (Lipinski definition) is 6. The molecule has 7 nitrogen and oxygen atoms in total. The molecule has 2 aromatic rings. The molecule has 0 saturated carbocycles. The molecule has 0 spiro atoms. The van der Waals surface area contributed by atoms with Gasteiger partial charge in [-0.3, -0.25) is 10.1 Å². The minimum Gasteiger partial charge on any atom is -0.493 e. The molecule has 0 radical (unpaired) electrons. The number of nitrogens with zero attached hydrogens (tertiary/aromatic N) is 1. The Bertz CT molecular complexity index is 776. The normalized spacial score (nSPS) is 12.5. The van der Waals surface area contributed by atoms with E-state index in [0.29, 0.717) is 13.2 Å². The van der Waals surface area contributed by atoms with Crippen molar-refractivity contribution < 1.29 is 24.6 Å². The average Bonchev–Trinajstić information content (AvgIpc) is 2.77. The summed E-state index contributed by atoms with van der Waals surface area (Å²) >= 11 is 0. The highest BCUT2D eigenvalue weighted by atomic mass is 16.6. The molecule has 0 bridgehead atoms. The number of aliphatic hydroxyl groups excluding tert-OH is 2. The lowest BCUT2D eigenvalue weighted by molar-refractivity contribution is -0.384. The fraction of sp³-hybridized carbons (Fsp3) is 0.391. The van der Waals surface area contributed by atoms with Crippen LogP contribution in [0.4, 0.5) is 5.69 Å². The van der Waals surface area contributed by atoms with Gasteiger partial charge in [-0.2, -0.15) is 0 Å². The molecule has 0 aromatic heterocycles. The molecule has 2 aromatic carbocycles. The Kier molecular flexibility index (Phi) is 10.6. The topological polar surface area (TPSA) is 102 Å². The maximum absolute atomic E-state index is 10.8. The Labute approximate surface area is 176 Å². The Morgan fingerprint density at radius 2 is 1.67 bits per heavy atom. The van der Waals surface area contributed by atoms with Crippen molar-refractivity contribution in [1.29, 1.82) is 0 Å². The van der Waals surface area contributed by atoms with Gasteiger partial charge in [-0.1, -0.05) is 36.8 Å². The zero-order valence-electron chi connectivity index (χ0n) is 17.0. The van der Waals surface area contributed by atoms with Crippen molar-refractivity contribution >= 4 is 17.5 Å². The van der Waals surface area contributed by atoms with Crippen LogP contribution < -0.4 is 0 Å². The van der Waals surface area contributed by atoms with Crippen LogP contribution in [0, 0.1) is 10.1 Å². The predicted octanol–water partition coefficient (Wildman–Crippen LogP) is 4.04. The third kappa shape index (κ3) is 8.73. The molecule has 1 unspecified atom stereocenters. The number of aliphatic hydroxyl groups is 2. The summed E-state index contributed by atoms with van der Waals surface area (Å²) in [6, 6.07) is 16.1. The van der Waals surface area contributed by atoms with E-state index in [9.17, 15) is 15.2 Å². The van der Waals surface area contributed by atoms with Crippen molar-refractivity contribution in [2.75, 3.05) is 26.4 Å². The number of non-ortho nitro benzene ring substituents is 1. The van der Waals surface area contributed by atoms with Crippen LogP contribution in [0.1, 0.15) is 36.8 Å². The van der Waals surface area contributed by atoms with Gasteiger partial charge in [0.15, 0.2) is 0 Å². The lowest BCUT2D eigenvalue weighted by atomic mass is 10.1. The minimum atomic E-state index is -0.808. The second-order valence-corrected chi connectivity index (χ2v) is 6.90. The average molecular weight is 415 g/mol. The van der Waals surface area contributed by atoms with E-state index in [-0.39, 0.29) is 18.9 Å². The van der Waals surface area contributed by atoms with E-state index in [2.05, 4.69) is 0 Å². The molecule has 0 aliphatic heterocycles. The van der Waals surface area contributed by atoms with Crippen molar-refractivity contribution in [1.82, 2.24) is 0 Å². The van der Waals surface area contributed by atoms with Crippen LogP contribution in [0.25, 0.3) is 11.8 Å². The molecule has 0 aliphatic carbocycles. The first kappa shape index (κ1) is 23.5. The van der Waals surface area contributed by atoms with Gasteiger partial charge in [0.05, 0.1) is 24.7 Å². The number of nitro benzene ring substituents is 1. The molecular formula is C23H29NO6. The summed E-state index contributed by atoms with van der Waals surface area (Å²) in [5.74, 6) is 0.728. The number of hydrogen-bond donors (Lipinski definition) is 2. The van der Waals surface area contributed by atoms with Gasteiger partial charge in [0.1, 0.15) is 11.9 Å². The highest BCUT2D eigenvalue weighted by molar-refractivity contribution is 5.77. The minimum absolute atomic E-state index is 0.0594. The molecule has 162 valence electrons. The molecule has 0 heterocycles. The number of nitro groups is 1. The SMILES string of the molecule is O=[N+]([O-])c1ccc(C=C(OCCCCCCOCC(O)CO)c2ccccc2)cc1. The summed E-state index contributed by atoms with van der Waals surface area (Å²) in [7, 11) is 0. The standard InChI is InChI=1S/C23H29NO6/c25-17-22(26)18-29-14-6-1-2-7-15-30-23(20-8-4-3-5-9-20)16-19-10-12-21(13-11-19)24(27)28/h3-5,8-13,16,22,25-26H,1-2,6-7,14-15,17-18H2. The monoisotopic (exact) mass is 415 g/mol. The van der Waals surface area contributed by atoms with Gasteiger partial charge in [-0.25, -0.2) is 0 Å². The van der Waals surface area contributed by atoms with E-state index in [1.54, 1.807) is 12.1 Å². The lowest BCUT2D eigenvalue weighted by Gasteiger charge is -2.11. The van der Waals surface area contributed by atoms with Gasteiger partial charge in [0, 0.05) is 24.3 Å². The highest BCUT2D eigenvalue weighted by Crippen LogP contribution is 2.21. The Morgan fingerprint density at radius 3 is 2.30 bits per heavy atom. The van der Waals surface area contributed by atoms with Gasteiger partial charge >= 0.3 is 0 Å². The summed E-state index contributed by atoms with van der Waals surface area (Å²) in [5, 5.41) is 28.7. The fourth-order valence-electron chi connectivity index (χ4n) is 2.77. The van der Waals surface area contributed by atoms with E-state index in [0.717, 1.165) is 42.6 Å². The number of unbranched alkanes of at least 4 members (excludes halogenated alkanes) is 3. The summed E-state index contributed by atoms with van der Waals surface area (Å²) in [4.78, 5) is 10.4. The van der Waals surface area contributed by atoms with Crippen molar-refractivity contribution in [3.8, 4) is 0 Å². The van der Waals surface area contributed by atoms with E-state index in [1.165, 1.54) is 12.1 Å². The van der Waals surface area contributed by atoms with Crippen LogP contribution in [0.2, 0.25) is 0 Å². The molecular weight excluding hydrogens is 386 g/mol. The molecule has 0 amide bonds. The second-order valence-electron chi connectivity index (χ2n) is 6.90. The summed E-state index contributed by atoms with van der Waals surface area (Å²) in [6.45, 7) is 1.01. The lowest BCUT2D eigenvalue weighted by Crippen LogP contribution is -2.19. The first-order chi connectivity index (χ1) is 14.6. The van der Waals surface area contributed by atoms with Crippen LogP contribution >= 0.6 is 0 Å². The number of rotatable bonds is 14. The number of ether oxygens (including phenoxy) is 2. The summed E-state index contributed by atoms with van der Waals surface area (Å²) < 4.78 is 11.3. The molecule has 30 heavy (non-hydrogen) atoms. The molecule has 0 aliphatic rings. The van der Waals surface area contributed by atoms with Gasteiger partial charge in [0.2, 0.25) is 0 Å². The van der Waals surface area contributed by atoms with Gasteiger partial charge in [-0.05, 0) is 43.0 Å². The predicted molar refractivity (Wildman–Crippen MR) is 116 cm³/mol. The van der Waals surface area contributed by atoms with Crippen molar-refractivity contribution in [3.63, 3.8) is 0 Å². The second kappa shape index (κ2) is 13.5. The van der Waals surface area contributed by atoms with Gasteiger partial charge in [-0.15, -0.1) is 0 Å². The van der Waals surface area contributed by atoms with Crippen molar-refractivity contribution in [2.24, 2.45) is 0 Å². The van der Waals surface area contributed by atoms with E-state index < -0.39 is 11.0 Å². The molecule has 0 fully saturated rings. The zero-order valence-corrected chi connectivity index (χ0v) is 17.0. The molecule has 2 rings (SSSR count). The van der Waals surface area contributed by atoms with Crippen LogP contribution in [0.3, 0.4) is 0 Å². The first-order valence-corrected chi connectivity index (χ1v) is 10.1. The number of benzene rings is 2. The third-order valence-electron chi connectivity index (χ3n) is 4.42. The largest absolute Gasteiger partial charge is 0.493 e.